The molecular formula is C5H9ClN2. The van der Waals surface area contributed by atoms with E-state index in [-0.39, 0.29) is 0 Å². The van der Waals surface area contributed by atoms with Crippen LogP contribution < -0.4 is 5.73 Å². The fourth-order valence-corrected chi connectivity index (χ4v) is 0.446. The summed E-state index contributed by atoms with van der Waals surface area (Å²) in [5, 5.41) is 0. The predicted octanol–water partition coefficient (Wildman–Crippen LogP) is 0.768. The van der Waals surface area contributed by atoms with Gasteiger partial charge in [0.05, 0.1) is 5.88 Å². The van der Waals surface area contributed by atoms with Gasteiger partial charge in [0.15, 0.2) is 0 Å². The molecule has 0 aliphatic rings. The van der Waals surface area contributed by atoms with Gasteiger partial charge in [0, 0.05) is 18.8 Å². The molecule has 0 heterocycles. The van der Waals surface area contributed by atoms with E-state index in [0.717, 1.165) is 5.57 Å². The highest BCUT2D eigenvalue weighted by Crippen LogP contribution is 1.89. The molecule has 3 heteroatoms. The number of aliphatic imine (C=N–C) groups is 1. The lowest BCUT2D eigenvalue weighted by atomic mass is 10.4. The molecule has 0 saturated heterocycles. The maximum absolute atomic E-state index is 5.41. The zero-order chi connectivity index (χ0) is 6.41. The van der Waals surface area contributed by atoms with Crippen molar-refractivity contribution in [2.75, 3.05) is 12.9 Å². The molecule has 0 fully saturated rings. The van der Waals surface area contributed by atoms with Gasteiger partial charge in [-0.1, -0.05) is 0 Å². The van der Waals surface area contributed by atoms with Crippen molar-refractivity contribution in [1.82, 2.24) is 0 Å². The van der Waals surface area contributed by atoms with E-state index >= 15 is 0 Å². The number of hydrogen-bond donors (Lipinski definition) is 1. The van der Waals surface area contributed by atoms with Gasteiger partial charge in [-0.05, 0) is 6.20 Å². The molecule has 0 rings (SSSR count). The highest BCUT2D eigenvalue weighted by atomic mass is 35.5. The Hall–Kier alpha value is -0.500. The number of nitrogens with two attached hydrogens (primary N) is 1. The highest BCUT2D eigenvalue weighted by Gasteiger charge is 1.83. The molecule has 0 aromatic heterocycles. The molecular weight excluding hydrogens is 124 g/mol. The smallest absolute Gasteiger partial charge is 0.0503 e. The molecule has 2 N–H and O–H groups in total. The Labute approximate surface area is 54.0 Å². The second-order valence-corrected chi connectivity index (χ2v) is 1.53. The van der Waals surface area contributed by atoms with Gasteiger partial charge in [-0.3, -0.25) is 4.99 Å². The molecule has 0 radical (unpaired) electrons. The van der Waals surface area contributed by atoms with Gasteiger partial charge in [-0.25, -0.2) is 0 Å². The van der Waals surface area contributed by atoms with Gasteiger partial charge >= 0.3 is 0 Å². The minimum atomic E-state index is 0.424. The molecule has 0 atom stereocenters. The van der Waals surface area contributed by atoms with E-state index in [1.807, 2.05) is 0 Å². The summed E-state index contributed by atoms with van der Waals surface area (Å²) in [5.41, 5.74) is 5.97. The molecule has 0 aromatic rings. The number of halogens is 1. The SMILES string of the molecule is CN=CC(=CN)CCl. The van der Waals surface area contributed by atoms with Crippen LogP contribution in [0.25, 0.3) is 0 Å². The molecule has 0 aliphatic heterocycles. The number of hydrogen-bond acceptors (Lipinski definition) is 2. The third kappa shape index (κ3) is 2.64. The fraction of sp³-hybridized carbons (Fsp3) is 0.400. The molecule has 0 spiro atoms. The van der Waals surface area contributed by atoms with Gasteiger partial charge in [-0.2, -0.15) is 0 Å². The Morgan fingerprint density at radius 1 is 1.88 bits per heavy atom. The zero-order valence-corrected chi connectivity index (χ0v) is 5.52. The molecule has 0 aromatic carbocycles. The van der Waals surface area contributed by atoms with E-state index < -0.39 is 0 Å². The van der Waals surface area contributed by atoms with E-state index in [4.69, 9.17) is 17.3 Å². The summed E-state index contributed by atoms with van der Waals surface area (Å²) in [6, 6.07) is 0. The fourth-order valence-electron chi connectivity index (χ4n) is 0.288. The highest BCUT2D eigenvalue weighted by molar-refractivity contribution is 6.21. The van der Waals surface area contributed by atoms with E-state index in [0.29, 0.717) is 5.88 Å². The summed E-state index contributed by atoms with van der Waals surface area (Å²) < 4.78 is 0. The van der Waals surface area contributed by atoms with Gasteiger partial charge in [0.2, 0.25) is 0 Å². The maximum Gasteiger partial charge on any atom is 0.0503 e. The van der Waals surface area contributed by atoms with Crippen LogP contribution in [0.4, 0.5) is 0 Å². The first kappa shape index (κ1) is 7.50. The first-order chi connectivity index (χ1) is 3.85. The lowest BCUT2D eigenvalue weighted by Crippen LogP contribution is -1.91. The Balaban J connectivity index is 3.72. The third-order valence-corrected chi connectivity index (χ3v) is 0.972. The van der Waals surface area contributed by atoms with Crippen LogP contribution in [0.5, 0.6) is 0 Å². The van der Waals surface area contributed by atoms with E-state index in [1.165, 1.54) is 6.20 Å². The second kappa shape index (κ2) is 4.65. The second-order valence-electron chi connectivity index (χ2n) is 1.26. The van der Waals surface area contributed by atoms with E-state index in [9.17, 15) is 0 Å². The topological polar surface area (TPSA) is 38.4 Å². The number of alkyl halides is 1. The molecule has 0 amide bonds. The molecule has 46 valence electrons. The van der Waals surface area contributed by atoms with Crippen molar-refractivity contribution in [3.8, 4) is 0 Å². The van der Waals surface area contributed by atoms with Crippen molar-refractivity contribution in [3.63, 3.8) is 0 Å². The quantitative estimate of drug-likeness (QED) is 0.438. The molecule has 0 bridgehead atoms. The van der Waals surface area contributed by atoms with Crippen molar-refractivity contribution < 1.29 is 0 Å². The summed E-state index contributed by atoms with van der Waals surface area (Å²) >= 11 is 5.41. The van der Waals surface area contributed by atoms with Crippen LogP contribution in [0.15, 0.2) is 16.8 Å². The standard InChI is InChI=1S/C5H9ClN2/c1-8-4-5(2-6)3-7/h3-4H,2,7H2,1H3. The van der Waals surface area contributed by atoms with Crippen molar-refractivity contribution in [1.29, 1.82) is 0 Å². The summed E-state index contributed by atoms with van der Waals surface area (Å²) in [6.45, 7) is 0. The molecule has 8 heavy (non-hydrogen) atoms. The van der Waals surface area contributed by atoms with Gasteiger partial charge in [0.25, 0.3) is 0 Å². The summed E-state index contributed by atoms with van der Waals surface area (Å²) in [4.78, 5) is 3.72. The normalized spacial score (nSPS) is 13.0. The van der Waals surface area contributed by atoms with Crippen LogP contribution in [0.3, 0.4) is 0 Å². The molecule has 0 unspecified atom stereocenters. The van der Waals surface area contributed by atoms with Crippen LogP contribution in [0.2, 0.25) is 0 Å². The van der Waals surface area contributed by atoms with Crippen LogP contribution in [0, 0.1) is 0 Å². The molecule has 2 nitrogen and oxygen atoms in total. The number of rotatable bonds is 2. The molecule has 0 aliphatic carbocycles. The Kier molecular flexibility index (Phi) is 4.36. The number of allylic oxidation sites excluding steroid dienone is 1. The van der Waals surface area contributed by atoms with Crippen LogP contribution in [-0.4, -0.2) is 19.1 Å². The minimum absolute atomic E-state index is 0.424. The Bertz CT molecular complexity index is 104. The van der Waals surface area contributed by atoms with Crippen LogP contribution in [-0.2, 0) is 0 Å². The summed E-state index contributed by atoms with van der Waals surface area (Å²) in [5.74, 6) is 0.424. The minimum Gasteiger partial charge on any atom is -0.404 e. The maximum atomic E-state index is 5.41. The third-order valence-electron chi connectivity index (χ3n) is 0.663. The van der Waals surface area contributed by atoms with Crippen molar-refractivity contribution in [2.24, 2.45) is 10.7 Å². The first-order valence-electron chi connectivity index (χ1n) is 2.24. The van der Waals surface area contributed by atoms with Gasteiger partial charge < -0.3 is 5.73 Å². The van der Waals surface area contributed by atoms with Crippen molar-refractivity contribution in [3.05, 3.63) is 11.8 Å². The lowest BCUT2D eigenvalue weighted by molar-refractivity contribution is 1.42. The summed E-state index contributed by atoms with van der Waals surface area (Å²) in [6.07, 6.45) is 3.08. The first-order valence-corrected chi connectivity index (χ1v) is 2.77. The predicted molar refractivity (Wildman–Crippen MR) is 37.4 cm³/mol. The van der Waals surface area contributed by atoms with E-state index in [1.54, 1.807) is 13.3 Å². The lowest BCUT2D eigenvalue weighted by Gasteiger charge is -1.87. The Morgan fingerprint density at radius 3 is 2.62 bits per heavy atom. The van der Waals surface area contributed by atoms with Gasteiger partial charge in [-0.15, -0.1) is 11.6 Å². The molecule has 0 saturated carbocycles. The zero-order valence-electron chi connectivity index (χ0n) is 4.76. The van der Waals surface area contributed by atoms with Crippen molar-refractivity contribution >= 4 is 17.8 Å². The Morgan fingerprint density at radius 2 is 2.50 bits per heavy atom. The monoisotopic (exact) mass is 132 g/mol. The van der Waals surface area contributed by atoms with Crippen LogP contribution in [0.1, 0.15) is 0 Å². The average Bonchev–Trinajstić information content (AvgIpc) is 1.83. The van der Waals surface area contributed by atoms with E-state index in [2.05, 4.69) is 4.99 Å². The van der Waals surface area contributed by atoms with Gasteiger partial charge in [0.1, 0.15) is 0 Å². The van der Waals surface area contributed by atoms with Crippen LogP contribution >= 0.6 is 11.6 Å². The summed E-state index contributed by atoms with van der Waals surface area (Å²) in [7, 11) is 1.68. The number of nitrogens with zero attached hydrogens (tertiary/aromatic N) is 1. The largest absolute Gasteiger partial charge is 0.404 e. The van der Waals surface area contributed by atoms with Crippen molar-refractivity contribution in [2.45, 2.75) is 0 Å². The average molecular weight is 133 g/mol.